The van der Waals surface area contributed by atoms with E-state index in [2.05, 4.69) is 31.9 Å². The van der Waals surface area contributed by atoms with Crippen LogP contribution in [0.3, 0.4) is 0 Å². The molecule has 0 saturated carbocycles. The highest BCUT2D eigenvalue weighted by atomic mass is 79.9. The Morgan fingerprint density at radius 3 is 1.17 bits per heavy atom. The zero-order valence-electron chi connectivity index (χ0n) is 7.88. The Bertz CT molecular complexity index is 104. The van der Waals surface area contributed by atoms with Crippen LogP contribution < -0.4 is 0 Å². The van der Waals surface area contributed by atoms with Gasteiger partial charge in [-0.1, -0.05) is 31.9 Å². The summed E-state index contributed by atoms with van der Waals surface area (Å²) >= 11 is 6.76. The van der Waals surface area contributed by atoms with Gasteiger partial charge in [-0.25, -0.2) is 0 Å². The number of halogens is 2. The van der Waals surface area contributed by atoms with Crippen molar-refractivity contribution in [3.05, 3.63) is 0 Å². The minimum Gasteiger partial charge on any atom is -0.361 e. The zero-order valence-corrected chi connectivity index (χ0v) is 11.1. The van der Waals surface area contributed by atoms with Crippen molar-refractivity contribution in [3.63, 3.8) is 0 Å². The smallest absolute Gasteiger partial charge is 0.148 e. The molecule has 0 aliphatic rings. The standard InChI is InChI=1S/C8H16Br2O2/c1-5(2)11-7(9)8(10)12-6(3)4/h5-8H,1-4H3. The van der Waals surface area contributed by atoms with Crippen molar-refractivity contribution in [3.8, 4) is 0 Å². The van der Waals surface area contributed by atoms with Crippen molar-refractivity contribution in [1.82, 2.24) is 0 Å². The number of hydrogen-bond acceptors (Lipinski definition) is 2. The molecule has 0 N–H and O–H groups in total. The molecule has 12 heavy (non-hydrogen) atoms. The fourth-order valence-corrected chi connectivity index (χ4v) is 1.76. The van der Waals surface area contributed by atoms with Gasteiger partial charge in [0.2, 0.25) is 0 Å². The summed E-state index contributed by atoms with van der Waals surface area (Å²) in [5.74, 6) is 0. The molecule has 0 fully saturated rings. The number of ether oxygens (including phenoxy) is 2. The fourth-order valence-electron chi connectivity index (χ4n) is 0.644. The van der Waals surface area contributed by atoms with E-state index >= 15 is 0 Å². The summed E-state index contributed by atoms with van der Waals surface area (Å²) in [7, 11) is 0. The van der Waals surface area contributed by atoms with E-state index < -0.39 is 0 Å². The molecule has 0 heterocycles. The predicted molar refractivity (Wildman–Crippen MR) is 57.9 cm³/mol. The van der Waals surface area contributed by atoms with Crippen molar-refractivity contribution in [2.75, 3.05) is 0 Å². The molecule has 0 radical (unpaired) electrons. The Morgan fingerprint density at radius 1 is 0.750 bits per heavy atom. The van der Waals surface area contributed by atoms with Crippen LogP contribution in [0, 0.1) is 0 Å². The molecule has 0 aliphatic carbocycles. The van der Waals surface area contributed by atoms with E-state index in [4.69, 9.17) is 9.47 Å². The lowest BCUT2D eigenvalue weighted by Crippen LogP contribution is -2.26. The van der Waals surface area contributed by atoms with Crippen LogP contribution >= 0.6 is 31.9 Å². The lowest BCUT2D eigenvalue weighted by atomic mass is 10.5. The van der Waals surface area contributed by atoms with Crippen LogP contribution in [-0.2, 0) is 9.47 Å². The highest BCUT2D eigenvalue weighted by Crippen LogP contribution is 2.19. The van der Waals surface area contributed by atoms with Crippen LogP contribution in [0.2, 0.25) is 0 Å². The Kier molecular flexibility index (Phi) is 6.82. The molecule has 0 spiro atoms. The summed E-state index contributed by atoms with van der Waals surface area (Å²) in [4.78, 5) is 0. The van der Waals surface area contributed by atoms with Gasteiger partial charge in [-0.15, -0.1) is 0 Å². The van der Waals surface area contributed by atoms with Crippen molar-refractivity contribution < 1.29 is 9.47 Å². The molecule has 0 aromatic carbocycles. The topological polar surface area (TPSA) is 18.5 Å². The Morgan fingerprint density at radius 2 is 1.00 bits per heavy atom. The van der Waals surface area contributed by atoms with E-state index in [9.17, 15) is 0 Å². The molecular formula is C8H16Br2O2. The van der Waals surface area contributed by atoms with Crippen LogP contribution in [0.15, 0.2) is 0 Å². The van der Waals surface area contributed by atoms with Crippen LogP contribution in [0.25, 0.3) is 0 Å². The van der Waals surface area contributed by atoms with E-state index in [1.54, 1.807) is 0 Å². The summed E-state index contributed by atoms with van der Waals surface area (Å²) in [6, 6.07) is 0. The minimum absolute atomic E-state index is 0.0973. The number of hydrogen-bond donors (Lipinski definition) is 0. The number of rotatable bonds is 5. The second kappa shape index (κ2) is 6.35. The van der Waals surface area contributed by atoms with Crippen molar-refractivity contribution in [2.45, 2.75) is 49.9 Å². The largest absolute Gasteiger partial charge is 0.361 e. The van der Waals surface area contributed by atoms with Gasteiger partial charge in [0.1, 0.15) is 10.0 Å². The summed E-state index contributed by atoms with van der Waals surface area (Å²) in [5, 5.41) is -0.195. The molecule has 0 saturated heterocycles. The first kappa shape index (κ1) is 12.9. The van der Waals surface area contributed by atoms with Crippen LogP contribution in [-0.4, -0.2) is 22.2 Å². The van der Waals surface area contributed by atoms with E-state index in [-0.39, 0.29) is 22.2 Å². The van der Waals surface area contributed by atoms with Crippen molar-refractivity contribution in [1.29, 1.82) is 0 Å². The predicted octanol–water partition coefficient (Wildman–Crippen LogP) is 3.28. The summed E-state index contributed by atoms with van der Waals surface area (Å²) in [6.07, 6.45) is 0.398. The van der Waals surface area contributed by atoms with Crippen molar-refractivity contribution >= 4 is 31.9 Å². The fraction of sp³-hybridized carbons (Fsp3) is 1.00. The van der Waals surface area contributed by atoms with Crippen LogP contribution in [0.1, 0.15) is 27.7 Å². The summed E-state index contributed by atoms with van der Waals surface area (Å²) < 4.78 is 10.9. The summed E-state index contributed by atoms with van der Waals surface area (Å²) in [6.45, 7) is 7.96. The molecule has 0 rings (SSSR count). The van der Waals surface area contributed by atoms with Crippen LogP contribution in [0.5, 0.6) is 0 Å². The first-order valence-corrected chi connectivity index (χ1v) is 5.85. The molecule has 0 bridgehead atoms. The lowest BCUT2D eigenvalue weighted by molar-refractivity contribution is -0.0283. The molecular weight excluding hydrogens is 288 g/mol. The highest BCUT2D eigenvalue weighted by Gasteiger charge is 2.18. The Balaban J connectivity index is 3.68. The quantitative estimate of drug-likeness (QED) is 0.726. The van der Waals surface area contributed by atoms with Gasteiger partial charge in [-0.3, -0.25) is 0 Å². The third kappa shape index (κ3) is 6.40. The van der Waals surface area contributed by atoms with Gasteiger partial charge in [0, 0.05) is 0 Å². The Labute approximate surface area is 91.3 Å². The van der Waals surface area contributed by atoms with E-state index in [0.29, 0.717) is 0 Å². The van der Waals surface area contributed by atoms with Gasteiger partial charge in [-0.2, -0.15) is 0 Å². The lowest BCUT2D eigenvalue weighted by Gasteiger charge is -2.21. The average molecular weight is 304 g/mol. The maximum atomic E-state index is 5.46. The van der Waals surface area contributed by atoms with Gasteiger partial charge in [0.15, 0.2) is 0 Å². The molecule has 2 unspecified atom stereocenters. The van der Waals surface area contributed by atoms with Gasteiger partial charge in [-0.05, 0) is 27.7 Å². The zero-order chi connectivity index (χ0) is 9.72. The second-order valence-electron chi connectivity index (χ2n) is 3.07. The normalized spacial score (nSPS) is 17.0. The first-order chi connectivity index (χ1) is 5.43. The average Bonchev–Trinajstić information content (AvgIpc) is 1.84. The third-order valence-corrected chi connectivity index (χ3v) is 3.11. The van der Waals surface area contributed by atoms with Crippen molar-refractivity contribution in [2.24, 2.45) is 0 Å². The highest BCUT2D eigenvalue weighted by molar-refractivity contribution is 9.12. The molecule has 2 atom stereocenters. The molecule has 0 aliphatic heterocycles. The molecule has 0 aromatic rings. The SMILES string of the molecule is CC(C)OC(Br)C(Br)OC(C)C. The summed E-state index contributed by atoms with van der Waals surface area (Å²) in [5.41, 5.74) is 0. The van der Waals surface area contributed by atoms with E-state index in [1.807, 2.05) is 27.7 Å². The molecule has 0 aromatic heterocycles. The minimum atomic E-state index is -0.0973. The van der Waals surface area contributed by atoms with E-state index in [1.165, 1.54) is 0 Å². The monoisotopic (exact) mass is 302 g/mol. The maximum absolute atomic E-state index is 5.46. The molecule has 74 valence electrons. The van der Waals surface area contributed by atoms with Crippen LogP contribution in [0.4, 0.5) is 0 Å². The molecule has 0 amide bonds. The first-order valence-electron chi connectivity index (χ1n) is 4.02. The third-order valence-electron chi connectivity index (χ3n) is 1.01. The van der Waals surface area contributed by atoms with Gasteiger partial charge in [0.05, 0.1) is 12.2 Å². The van der Waals surface area contributed by atoms with Gasteiger partial charge < -0.3 is 9.47 Å². The molecule has 4 heteroatoms. The second-order valence-corrected chi connectivity index (χ2v) is 4.88. The van der Waals surface area contributed by atoms with Gasteiger partial charge in [0.25, 0.3) is 0 Å². The Hall–Kier alpha value is 0.880. The van der Waals surface area contributed by atoms with E-state index in [0.717, 1.165) is 0 Å². The maximum Gasteiger partial charge on any atom is 0.148 e. The van der Waals surface area contributed by atoms with Gasteiger partial charge >= 0.3 is 0 Å². The number of alkyl halides is 2. The molecule has 2 nitrogen and oxygen atoms in total.